The lowest BCUT2D eigenvalue weighted by Gasteiger charge is -2.08. The van der Waals surface area contributed by atoms with Crippen LogP contribution in [0.4, 0.5) is 0 Å². The molecule has 0 aliphatic rings. The monoisotopic (exact) mass is 406 g/mol. The lowest BCUT2D eigenvalue weighted by molar-refractivity contribution is 0.0948. The number of H-pyrrole nitrogens is 2. The lowest BCUT2D eigenvalue weighted by Crippen LogP contribution is -2.30. The molecule has 3 heterocycles. The van der Waals surface area contributed by atoms with Crippen LogP contribution in [0.3, 0.4) is 0 Å². The number of fused-ring (bicyclic) bond motifs is 1. The summed E-state index contributed by atoms with van der Waals surface area (Å²) in [6, 6.07) is 9.84. The molecule has 3 N–H and O–H groups in total. The fourth-order valence-corrected chi connectivity index (χ4v) is 3.49. The summed E-state index contributed by atoms with van der Waals surface area (Å²) in [6.45, 7) is 2.15. The molecule has 30 heavy (non-hydrogen) atoms. The Morgan fingerprint density at radius 1 is 1.20 bits per heavy atom. The summed E-state index contributed by atoms with van der Waals surface area (Å²) in [6.07, 6.45) is 4.50. The van der Waals surface area contributed by atoms with E-state index in [1.165, 1.54) is 0 Å². The standard InChI is InChI=1S/C21H22N6O3/c1-13-11-15(9-8-14-12-23-17-6-3-2-5-16(14)17)30-21(29)19(13)20(28)22-10-4-7-18-24-26-27-25-18/h2-3,5-6,11-12,23H,4,7-10H2,1H3,(H,22,28)(H,24,25,26,27). The Bertz CT molecular complexity index is 1210. The highest BCUT2D eigenvalue weighted by atomic mass is 16.4. The number of carbonyl (C=O) groups is 1. The second-order valence-electron chi connectivity index (χ2n) is 7.11. The maximum Gasteiger partial charge on any atom is 0.349 e. The van der Waals surface area contributed by atoms with Gasteiger partial charge >= 0.3 is 5.63 Å². The van der Waals surface area contributed by atoms with Crippen LogP contribution in [0.15, 0.2) is 45.7 Å². The van der Waals surface area contributed by atoms with Crippen molar-refractivity contribution >= 4 is 16.8 Å². The van der Waals surface area contributed by atoms with E-state index < -0.39 is 11.5 Å². The molecule has 1 amide bonds. The molecule has 4 aromatic rings. The van der Waals surface area contributed by atoms with Crippen molar-refractivity contribution in [1.29, 1.82) is 0 Å². The van der Waals surface area contributed by atoms with E-state index in [0.717, 1.165) is 22.9 Å². The van der Waals surface area contributed by atoms with E-state index in [1.807, 2.05) is 24.4 Å². The minimum absolute atomic E-state index is 0.0467. The molecule has 0 aliphatic carbocycles. The third-order valence-corrected chi connectivity index (χ3v) is 4.99. The Balaban J connectivity index is 1.37. The van der Waals surface area contributed by atoms with Crippen LogP contribution in [0.2, 0.25) is 0 Å². The van der Waals surface area contributed by atoms with Gasteiger partial charge in [-0.15, -0.1) is 10.2 Å². The predicted molar refractivity (Wildman–Crippen MR) is 110 cm³/mol. The lowest BCUT2D eigenvalue weighted by atomic mass is 10.1. The maximum atomic E-state index is 12.4. The summed E-state index contributed by atoms with van der Waals surface area (Å²) in [5.41, 5.74) is 2.28. The molecule has 0 saturated heterocycles. The summed E-state index contributed by atoms with van der Waals surface area (Å²) in [7, 11) is 0. The van der Waals surface area contributed by atoms with Crippen LogP contribution in [0.1, 0.15) is 39.5 Å². The van der Waals surface area contributed by atoms with Crippen molar-refractivity contribution in [3.05, 3.63) is 75.2 Å². The van der Waals surface area contributed by atoms with Gasteiger partial charge in [-0.2, -0.15) is 5.21 Å². The Morgan fingerprint density at radius 2 is 2.07 bits per heavy atom. The minimum Gasteiger partial charge on any atom is -0.427 e. The number of hydrogen-bond donors (Lipinski definition) is 3. The van der Waals surface area contributed by atoms with Crippen LogP contribution < -0.4 is 10.9 Å². The summed E-state index contributed by atoms with van der Waals surface area (Å²) in [5.74, 6) is 0.716. The SMILES string of the molecule is Cc1cc(CCc2c[nH]c3ccccc23)oc(=O)c1C(=O)NCCCc1nn[nH]n1. The highest BCUT2D eigenvalue weighted by molar-refractivity contribution is 5.95. The third kappa shape index (κ3) is 4.29. The molecule has 1 aromatic carbocycles. The van der Waals surface area contributed by atoms with Crippen molar-refractivity contribution in [3.63, 3.8) is 0 Å². The van der Waals surface area contributed by atoms with Crippen LogP contribution in [0, 0.1) is 6.92 Å². The molecule has 4 rings (SSSR count). The van der Waals surface area contributed by atoms with Gasteiger partial charge in [0.25, 0.3) is 5.91 Å². The molecule has 0 fully saturated rings. The Kier molecular flexibility index (Phi) is 5.69. The summed E-state index contributed by atoms with van der Waals surface area (Å²) in [5, 5.41) is 17.5. The molecule has 154 valence electrons. The van der Waals surface area contributed by atoms with Gasteiger partial charge in [0, 0.05) is 36.5 Å². The number of nitrogens with zero attached hydrogens (tertiary/aromatic N) is 3. The van der Waals surface area contributed by atoms with Crippen molar-refractivity contribution in [3.8, 4) is 0 Å². The van der Waals surface area contributed by atoms with Crippen LogP contribution in [-0.4, -0.2) is 38.1 Å². The van der Waals surface area contributed by atoms with Gasteiger partial charge in [0.15, 0.2) is 5.82 Å². The molecule has 0 radical (unpaired) electrons. The first kappa shape index (κ1) is 19.6. The van der Waals surface area contributed by atoms with Gasteiger partial charge in [-0.05, 0) is 43.0 Å². The Hall–Kier alpha value is -3.75. The van der Waals surface area contributed by atoms with Crippen LogP contribution >= 0.6 is 0 Å². The first-order valence-corrected chi connectivity index (χ1v) is 9.81. The molecule has 9 nitrogen and oxygen atoms in total. The van der Waals surface area contributed by atoms with Crippen molar-refractivity contribution in [1.82, 2.24) is 30.9 Å². The first-order chi connectivity index (χ1) is 14.6. The molecule has 0 saturated carbocycles. The molecule has 0 atom stereocenters. The van der Waals surface area contributed by atoms with Gasteiger partial charge in [-0.1, -0.05) is 23.4 Å². The molecule has 0 spiro atoms. The number of aromatic amines is 2. The van der Waals surface area contributed by atoms with Gasteiger partial charge in [0.2, 0.25) is 0 Å². The van der Waals surface area contributed by atoms with E-state index in [-0.39, 0.29) is 5.56 Å². The van der Waals surface area contributed by atoms with Gasteiger partial charge in [0.1, 0.15) is 11.3 Å². The molecule has 0 aliphatic heterocycles. The average molecular weight is 406 g/mol. The number of tetrazole rings is 1. The quantitative estimate of drug-likeness (QED) is 0.384. The highest BCUT2D eigenvalue weighted by Gasteiger charge is 2.17. The Labute approximate surface area is 171 Å². The number of benzene rings is 1. The average Bonchev–Trinajstić information content (AvgIpc) is 3.39. The van der Waals surface area contributed by atoms with E-state index in [2.05, 4.69) is 37.0 Å². The zero-order valence-electron chi connectivity index (χ0n) is 16.6. The minimum atomic E-state index is -0.611. The zero-order valence-corrected chi connectivity index (χ0v) is 16.6. The first-order valence-electron chi connectivity index (χ1n) is 9.81. The van der Waals surface area contributed by atoms with E-state index in [4.69, 9.17) is 4.42 Å². The number of aryl methyl sites for hydroxylation is 4. The second-order valence-corrected chi connectivity index (χ2v) is 7.11. The largest absolute Gasteiger partial charge is 0.427 e. The summed E-state index contributed by atoms with van der Waals surface area (Å²) in [4.78, 5) is 28.1. The molecule has 3 aromatic heterocycles. The fraction of sp³-hybridized carbons (Fsp3) is 0.286. The van der Waals surface area contributed by atoms with E-state index >= 15 is 0 Å². The van der Waals surface area contributed by atoms with Crippen molar-refractivity contribution in [2.24, 2.45) is 0 Å². The molecular weight excluding hydrogens is 384 g/mol. The van der Waals surface area contributed by atoms with Crippen molar-refractivity contribution < 1.29 is 9.21 Å². The molecule has 0 bridgehead atoms. The van der Waals surface area contributed by atoms with E-state index in [1.54, 1.807) is 13.0 Å². The van der Waals surface area contributed by atoms with Gasteiger partial charge in [-0.25, -0.2) is 4.79 Å². The topological polar surface area (TPSA) is 130 Å². The van der Waals surface area contributed by atoms with E-state index in [0.29, 0.717) is 43.0 Å². The number of aromatic nitrogens is 5. The Morgan fingerprint density at radius 3 is 2.87 bits per heavy atom. The smallest absolute Gasteiger partial charge is 0.349 e. The number of amides is 1. The summed E-state index contributed by atoms with van der Waals surface area (Å²) >= 11 is 0. The van der Waals surface area contributed by atoms with Crippen molar-refractivity contribution in [2.75, 3.05) is 6.54 Å². The van der Waals surface area contributed by atoms with Gasteiger partial charge in [0.05, 0.1) is 0 Å². The number of carbonyl (C=O) groups excluding carboxylic acids is 1. The zero-order chi connectivity index (χ0) is 20.9. The molecular formula is C21H22N6O3. The summed E-state index contributed by atoms with van der Waals surface area (Å²) < 4.78 is 5.43. The molecule has 9 heteroatoms. The molecule has 0 unspecified atom stereocenters. The van der Waals surface area contributed by atoms with Gasteiger partial charge < -0.3 is 14.7 Å². The van der Waals surface area contributed by atoms with E-state index in [9.17, 15) is 9.59 Å². The number of hydrogen-bond acceptors (Lipinski definition) is 6. The van der Waals surface area contributed by atoms with Crippen LogP contribution in [0.25, 0.3) is 10.9 Å². The fourth-order valence-electron chi connectivity index (χ4n) is 3.49. The number of nitrogens with one attached hydrogen (secondary N) is 3. The predicted octanol–water partition coefficient (Wildman–Crippen LogP) is 2.09. The maximum absolute atomic E-state index is 12.4. The van der Waals surface area contributed by atoms with Crippen LogP contribution in [0.5, 0.6) is 0 Å². The van der Waals surface area contributed by atoms with Crippen molar-refractivity contribution in [2.45, 2.75) is 32.6 Å². The second kappa shape index (κ2) is 8.73. The third-order valence-electron chi connectivity index (χ3n) is 4.99. The number of rotatable bonds is 8. The normalized spacial score (nSPS) is 11.1. The van der Waals surface area contributed by atoms with Crippen LogP contribution in [-0.2, 0) is 19.3 Å². The van der Waals surface area contributed by atoms with Gasteiger partial charge in [-0.3, -0.25) is 4.79 Å². The number of para-hydroxylation sites is 1. The highest BCUT2D eigenvalue weighted by Crippen LogP contribution is 2.19.